The summed E-state index contributed by atoms with van der Waals surface area (Å²) in [5.41, 5.74) is 6.08. The van der Waals surface area contributed by atoms with Crippen molar-refractivity contribution in [2.24, 2.45) is 0 Å². The highest BCUT2D eigenvalue weighted by molar-refractivity contribution is 5.92. The lowest BCUT2D eigenvalue weighted by molar-refractivity contribution is -0.117. The Hall–Kier alpha value is -2.17. The van der Waals surface area contributed by atoms with Gasteiger partial charge in [0.05, 0.1) is 6.54 Å². The number of hydrogen-bond donors (Lipinski definition) is 1. The van der Waals surface area contributed by atoms with E-state index < -0.39 is 0 Å². The van der Waals surface area contributed by atoms with Crippen molar-refractivity contribution >= 4 is 11.6 Å². The fourth-order valence-electron chi connectivity index (χ4n) is 3.36. The van der Waals surface area contributed by atoms with Crippen molar-refractivity contribution in [1.29, 1.82) is 0 Å². The van der Waals surface area contributed by atoms with Gasteiger partial charge in [-0.3, -0.25) is 14.6 Å². The topological polar surface area (TPSA) is 35.6 Å². The van der Waals surface area contributed by atoms with Gasteiger partial charge in [0.1, 0.15) is 0 Å². The average Bonchev–Trinajstić information content (AvgIpc) is 2.62. The molecule has 2 aromatic carbocycles. The molecular formula is C22H29N3O. The third kappa shape index (κ3) is 4.93. The van der Waals surface area contributed by atoms with E-state index >= 15 is 0 Å². The van der Waals surface area contributed by atoms with Crippen LogP contribution in [0.15, 0.2) is 42.5 Å². The van der Waals surface area contributed by atoms with Crippen LogP contribution in [-0.4, -0.2) is 48.4 Å². The van der Waals surface area contributed by atoms with Crippen LogP contribution in [0.4, 0.5) is 5.69 Å². The molecule has 1 N–H and O–H groups in total. The standard InChI is InChI=1S/C22H29N3O/c1-17-8-9-21(14-19(17)3)23-22(26)16-25-12-10-24(11-13-25)15-20-7-5-4-6-18(20)2/h4-9,14H,10-13,15-16H2,1-3H3,(H,23,26). The summed E-state index contributed by atoms with van der Waals surface area (Å²) in [5.74, 6) is 0.0700. The maximum atomic E-state index is 12.3. The maximum Gasteiger partial charge on any atom is 0.238 e. The molecule has 26 heavy (non-hydrogen) atoms. The minimum absolute atomic E-state index is 0.0700. The molecule has 0 radical (unpaired) electrons. The Kier molecular flexibility index (Phi) is 6.07. The molecular weight excluding hydrogens is 322 g/mol. The predicted molar refractivity (Wildman–Crippen MR) is 107 cm³/mol. The molecule has 0 atom stereocenters. The Bertz CT molecular complexity index is 764. The van der Waals surface area contributed by atoms with Crippen LogP contribution >= 0.6 is 0 Å². The molecule has 4 heteroatoms. The van der Waals surface area contributed by atoms with Gasteiger partial charge in [-0.1, -0.05) is 30.3 Å². The van der Waals surface area contributed by atoms with Crippen LogP contribution in [0.5, 0.6) is 0 Å². The minimum atomic E-state index is 0.0700. The zero-order chi connectivity index (χ0) is 18.5. The molecule has 1 aliphatic heterocycles. The van der Waals surface area contributed by atoms with Crippen LogP contribution in [0, 0.1) is 20.8 Å². The van der Waals surface area contributed by atoms with E-state index in [1.807, 2.05) is 12.1 Å². The summed E-state index contributed by atoms with van der Waals surface area (Å²) in [6.07, 6.45) is 0. The summed E-state index contributed by atoms with van der Waals surface area (Å²) >= 11 is 0. The molecule has 4 nitrogen and oxygen atoms in total. The van der Waals surface area contributed by atoms with Crippen molar-refractivity contribution in [2.75, 3.05) is 38.0 Å². The molecule has 1 fully saturated rings. The number of nitrogens with zero attached hydrogens (tertiary/aromatic N) is 2. The largest absolute Gasteiger partial charge is 0.325 e. The van der Waals surface area contributed by atoms with Gasteiger partial charge in [-0.05, 0) is 55.2 Å². The molecule has 138 valence electrons. The van der Waals surface area contributed by atoms with Gasteiger partial charge in [0.25, 0.3) is 0 Å². The second-order valence-electron chi connectivity index (χ2n) is 7.33. The van der Waals surface area contributed by atoms with Gasteiger partial charge in [-0.25, -0.2) is 0 Å². The van der Waals surface area contributed by atoms with Crippen LogP contribution in [0.2, 0.25) is 0 Å². The zero-order valence-corrected chi connectivity index (χ0v) is 16.1. The summed E-state index contributed by atoms with van der Waals surface area (Å²) < 4.78 is 0. The fraction of sp³-hybridized carbons (Fsp3) is 0.409. The van der Waals surface area contributed by atoms with Crippen LogP contribution in [0.25, 0.3) is 0 Å². The second-order valence-corrected chi connectivity index (χ2v) is 7.33. The molecule has 1 aliphatic rings. The molecule has 0 saturated carbocycles. The zero-order valence-electron chi connectivity index (χ0n) is 16.1. The first-order valence-electron chi connectivity index (χ1n) is 9.37. The third-order valence-corrected chi connectivity index (χ3v) is 5.28. The summed E-state index contributed by atoms with van der Waals surface area (Å²) in [7, 11) is 0. The van der Waals surface area contributed by atoms with Crippen molar-refractivity contribution in [2.45, 2.75) is 27.3 Å². The monoisotopic (exact) mass is 351 g/mol. The number of nitrogens with one attached hydrogen (secondary N) is 1. The lowest BCUT2D eigenvalue weighted by Gasteiger charge is -2.34. The van der Waals surface area contributed by atoms with E-state index in [1.54, 1.807) is 0 Å². The van der Waals surface area contributed by atoms with Crippen molar-refractivity contribution in [3.63, 3.8) is 0 Å². The highest BCUT2D eigenvalue weighted by Crippen LogP contribution is 2.15. The van der Waals surface area contributed by atoms with E-state index in [9.17, 15) is 4.79 Å². The second kappa shape index (κ2) is 8.47. The van der Waals surface area contributed by atoms with E-state index in [-0.39, 0.29) is 5.91 Å². The highest BCUT2D eigenvalue weighted by Gasteiger charge is 2.19. The number of piperazine rings is 1. The Morgan fingerprint density at radius 3 is 2.27 bits per heavy atom. The van der Waals surface area contributed by atoms with Crippen LogP contribution < -0.4 is 5.32 Å². The summed E-state index contributed by atoms with van der Waals surface area (Å²) in [6, 6.07) is 14.6. The van der Waals surface area contributed by atoms with Gasteiger partial charge in [0.15, 0.2) is 0 Å². The van der Waals surface area contributed by atoms with Gasteiger partial charge in [-0.2, -0.15) is 0 Å². The van der Waals surface area contributed by atoms with Gasteiger partial charge < -0.3 is 5.32 Å². The number of aryl methyl sites for hydroxylation is 3. The van der Waals surface area contributed by atoms with Crippen molar-refractivity contribution in [1.82, 2.24) is 9.80 Å². The van der Waals surface area contributed by atoms with Crippen LogP contribution in [0.1, 0.15) is 22.3 Å². The van der Waals surface area contributed by atoms with E-state index in [4.69, 9.17) is 0 Å². The quantitative estimate of drug-likeness (QED) is 0.897. The average molecular weight is 351 g/mol. The molecule has 1 amide bonds. The summed E-state index contributed by atoms with van der Waals surface area (Å²) in [6.45, 7) is 11.7. The molecule has 0 aliphatic carbocycles. The number of carbonyl (C=O) groups is 1. The van der Waals surface area contributed by atoms with E-state index in [2.05, 4.69) is 66.2 Å². The van der Waals surface area contributed by atoms with Crippen molar-refractivity contribution in [3.8, 4) is 0 Å². The number of anilines is 1. The number of hydrogen-bond acceptors (Lipinski definition) is 3. The van der Waals surface area contributed by atoms with Gasteiger partial charge in [0.2, 0.25) is 5.91 Å². The van der Waals surface area contributed by atoms with Crippen LogP contribution in [-0.2, 0) is 11.3 Å². The summed E-state index contributed by atoms with van der Waals surface area (Å²) in [4.78, 5) is 17.0. The van der Waals surface area contributed by atoms with E-state index in [0.717, 1.165) is 38.4 Å². The molecule has 1 saturated heterocycles. The minimum Gasteiger partial charge on any atom is -0.325 e. The Balaban J connectivity index is 1.45. The molecule has 3 rings (SSSR count). The number of carbonyl (C=O) groups excluding carboxylic acids is 1. The highest BCUT2D eigenvalue weighted by atomic mass is 16.2. The summed E-state index contributed by atoms with van der Waals surface area (Å²) in [5, 5.41) is 3.02. The lowest BCUT2D eigenvalue weighted by atomic mass is 10.1. The Morgan fingerprint density at radius 1 is 0.885 bits per heavy atom. The normalized spacial score (nSPS) is 15.8. The van der Waals surface area contributed by atoms with Gasteiger partial charge in [-0.15, -0.1) is 0 Å². The van der Waals surface area contributed by atoms with E-state index in [0.29, 0.717) is 6.54 Å². The molecule has 0 aromatic heterocycles. The molecule has 0 unspecified atom stereocenters. The Morgan fingerprint density at radius 2 is 1.58 bits per heavy atom. The van der Waals surface area contributed by atoms with E-state index in [1.165, 1.54) is 22.3 Å². The first kappa shape index (κ1) is 18.6. The molecule has 1 heterocycles. The Labute approximate surface area is 156 Å². The van der Waals surface area contributed by atoms with Gasteiger partial charge >= 0.3 is 0 Å². The fourth-order valence-corrected chi connectivity index (χ4v) is 3.36. The smallest absolute Gasteiger partial charge is 0.238 e. The van der Waals surface area contributed by atoms with Crippen LogP contribution in [0.3, 0.4) is 0 Å². The SMILES string of the molecule is Cc1ccc(NC(=O)CN2CCN(Cc3ccccc3C)CC2)cc1C. The third-order valence-electron chi connectivity index (χ3n) is 5.28. The lowest BCUT2D eigenvalue weighted by Crippen LogP contribution is -2.48. The number of rotatable bonds is 5. The van der Waals surface area contributed by atoms with Crippen molar-refractivity contribution in [3.05, 3.63) is 64.7 Å². The van der Waals surface area contributed by atoms with Gasteiger partial charge in [0, 0.05) is 38.4 Å². The van der Waals surface area contributed by atoms with Crippen molar-refractivity contribution < 1.29 is 4.79 Å². The number of benzene rings is 2. The predicted octanol–water partition coefficient (Wildman–Crippen LogP) is 3.37. The number of amides is 1. The molecule has 0 spiro atoms. The first-order chi connectivity index (χ1) is 12.5. The molecule has 2 aromatic rings. The maximum absolute atomic E-state index is 12.3. The molecule has 0 bridgehead atoms. The first-order valence-corrected chi connectivity index (χ1v) is 9.37.